The molecular formula is C26H18BN6O2P. The van der Waals surface area contributed by atoms with E-state index in [2.05, 4.69) is 0 Å². The number of nitrogens with zero attached hydrogens (tertiary/aromatic N) is 6. The third kappa shape index (κ3) is 2.61. The Morgan fingerprint density at radius 1 is 0.639 bits per heavy atom. The van der Waals surface area contributed by atoms with Crippen molar-refractivity contribution in [1.29, 1.82) is 0 Å². The van der Waals surface area contributed by atoms with E-state index in [9.17, 15) is 4.57 Å². The summed E-state index contributed by atoms with van der Waals surface area (Å²) in [7, 11) is -3.74. The van der Waals surface area contributed by atoms with Crippen molar-refractivity contribution >= 4 is 59.4 Å². The second-order valence-corrected chi connectivity index (χ2v) is 12.2. The zero-order valence-electron chi connectivity index (χ0n) is 19.5. The summed E-state index contributed by atoms with van der Waals surface area (Å²) in [5.74, 6) is 2.54. The number of hydrogen-bond acceptors (Lipinski definition) is 6. The molecule has 0 fully saturated rings. The third-order valence-electron chi connectivity index (χ3n) is 6.78. The van der Waals surface area contributed by atoms with E-state index in [-0.39, 0.29) is 0 Å². The maximum Gasteiger partial charge on any atom is 0.568 e. The molecule has 0 saturated carbocycles. The summed E-state index contributed by atoms with van der Waals surface area (Å²) in [6.07, 6.45) is 0. The lowest BCUT2D eigenvalue weighted by molar-refractivity contribution is 0.483. The Hall–Kier alpha value is -4.07. The molecule has 8 rings (SSSR count). The molecule has 0 radical (unpaired) electrons. The van der Waals surface area contributed by atoms with Gasteiger partial charge in [-0.15, -0.1) is 0 Å². The van der Waals surface area contributed by atoms with Crippen LogP contribution < -0.4 is 11.0 Å². The van der Waals surface area contributed by atoms with Crippen LogP contribution >= 0.6 is 7.37 Å². The molecule has 10 heteroatoms. The molecule has 172 valence electrons. The number of rotatable bonds is 2. The van der Waals surface area contributed by atoms with E-state index in [0.29, 0.717) is 34.3 Å². The van der Waals surface area contributed by atoms with E-state index in [1.54, 1.807) is 13.3 Å². The Balaban J connectivity index is 1.66. The first-order valence-electron chi connectivity index (χ1n) is 11.7. The van der Waals surface area contributed by atoms with Gasteiger partial charge in [0.25, 0.3) is 0 Å². The highest BCUT2D eigenvalue weighted by atomic mass is 31.2. The van der Waals surface area contributed by atoms with Crippen molar-refractivity contribution in [2.24, 2.45) is 20.0 Å². The molecule has 0 atom stereocenters. The molecule has 0 amide bonds. The quantitative estimate of drug-likeness (QED) is 0.275. The van der Waals surface area contributed by atoms with Crippen molar-refractivity contribution < 1.29 is 9.01 Å². The fraction of sp³-hybridized carbons (Fsp3) is 0.0769. The Morgan fingerprint density at radius 2 is 1.14 bits per heavy atom. The zero-order chi connectivity index (χ0) is 24.2. The number of amidine groups is 2. The Morgan fingerprint density at radius 3 is 1.75 bits per heavy atom. The van der Waals surface area contributed by atoms with Gasteiger partial charge in [0.2, 0.25) is 0 Å². The highest BCUT2D eigenvalue weighted by Crippen LogP contribution is 2.44. The number of aliphatic imine (C=N–C) groups is 2. The van der Waals surface area contributed by atoms with Crippen LogP contribution in [0, 0.1) is 0 Å². The van der Waals surface area contributed by atoms with Crippen molar-refractivity contribution in [3.8, 4) is 0 Å². The van der Waals surface area contributed by atoms with E-state index < -0.39 is 14.6 Å². The molecule has 0 aliphatic carbocycles. The largest absolute Gasteiger partial charge is 0.568 e. The number of fused-ring (bicyclic) bond motifs is 10. The first-order chi connectivity index (χ1) is 17.5. The normalized spacial score (nSPS) is 15.3. The van der Waals surface area contributed by atoms with Crippen LogP contribution in [-0.4, -0.2) is 41.1 Å². The van der Waals surface area contributed by atoms with Gasteiger partial charge in [-0.05, 0) is 0 Å². The standard InChI is InChI=1S/C26H18BN6O2P/c1-36(2,34)35-27-32-23-17-11-5-7-13-19(17)25(32)31-26-20-14-8-6-12-18(20)24(33(26)27)30-22-16-10-4-3-9-15(16)21(28-22)29-23/h3-14H,1-2H3. The minimum atomic E-state index is -2.96. The van der Waals surface area contributed by atoms with Gasteiger partial charge >= 0.3 is 7.19 Å². The summed E-state index contributed by atoms with van der Waals surface area (Å²) >= 11 is 0. The first-order valence-corrected chi connectivity index (χ1v) is 14.2. The minimum absolute atomic E-state index is 0.584. The highest BCUT2D eigenvalue weighted by molar-refractivity contribution is 7.58. The number of aromatic nitrogens is 2. The molecule has 8 nitrogen and oxygen atoms in total. The van der Waals surface area contributed by atoms with Gasteiger partial charge in [0.15, 0.2) is 19.0 Å². The van der Waals surface area contributed by atoms with Crippen LogP contribution in [0.1, 0.15) is 11.1 Å². The Bertz CT molecular complexity index is 2050. The van der Waals surface area contributed by atoms with Crippen molar-refractivity contribution in [2.75, 3.05) is 13.3 Å². The van der Waals surface area contributed by atoms with E-state index in [0.717, 1.165) is 32.7 Å². The predicted molar refractivity (Wildman–Crippen MR) is 142 cm³/mol. The molecule has 3 aliphatic rings. The van der Waals surface area contributed by atoms with Crippen LogP contribution in [0.2, 0.25) is 0 Å². The maximum atomic E-state index is 13.2. The lowest BCUT2D eigenvalue weighted by atomic mass is 10.00. The molecule has 36 heavy (non-hydrogen) atoms. The van der Waals surface area contributed by atoms with Crippen LogP contribution in [0.25, 0.3) is 21.5 Å². The third-order valence-corrected chi connectivity index (χ3v) is 7.47. The first kappa shape index (κ1) is 20.2. The molecule has 0 spiro atoms. The summed E-state index contributed by atoms with van der Waals surface area (Å²) in [6, 6.07) is 24.1. The molecule has 0 unspecified atom stereocenters. The smallest absolute Gasteiger partial charge is 0.346 e. The maximum absolute atomic E-state index is 13.2. The van der Waals surface area contributed by atoms with Gasteiger partial charge in [-0.2, -0.15) is 0 Å². The van der Waals surface area contributed by atoms with Crippen LogP contribution in [0.4, 0.5) is 11.6 Å². The van der Waals surface area contributed by atoms with Crippen LogP contribution in [0.5, 0.6) is 0 Å². The van der Waals surface area contributed by atoms with Gasteiger partial charge in [0.05, 0.1) is 0 Å². The van der Waals surface area contributed by atoms with E-state index in [1.807, 2.05) is 81.8 Å². The van der Waals surface area contributed by atoms with Crippen molar-refractivity contribution in [1.82, 2.24) is 8.96 Å². The fourth-order valence-corrected chi connectivity index (χ4v) is 5.99. The second-order valence-electron chi connectivity index (χ2n) is 9.45. The molecule has 5 aromatic rings. The molecule has 3 aromatic carbocycles. The average molecular weight is 488 g/mol. The van der Waals surface area contributed by atoms with Crippen LogP contribution in [0.15, 0.2) is 92.8 Å². The average Bonchev–Trinajstić information content (AvgIpc) is 3.49. The SMILES string of the molecule is CP(C)(=O)OB1n2c3c4ccccc4c2N=c2c4ccccc4c(n21)=NC1=NC(=N3)c2ccccc21. The van der Waals surface area contributed by atoms with Gasteiger partial charge in [-0.1, -0.05) is 72.8 Å². The number of benzene rings is 3. The summed E-state index contributed by atoms with van der Waals surface area (Å²) in [5, 5.41) is 3.73. The van der Waals surface area contributed by atoms with Crippen LogP contribution in [0.3, 0.4) is 0 Å². The van der Waals surface area contributed by atoms with E-state index in [4.69, 9.17) is 24.4 Å². The fourth-order valence-electron chi connectivity index (χ4n) is 5.34. The highest BCUT2D eigenvalue weighted by Gasteiger charge is 2.40. The van der Waals surface area contributed by atoms with Gasteiger partial charge in [-0.25, -0.2) is 20.0 Å². The van der Waals surface area contributed by atoms with Gasteiger partial charge in [-0.3, -0.25) is 4.57 Å². The topological polar surface area (TPSA) is 85.6 Å². The Kier molecular flexibility index (Phi) is 3.80. The Labute approximate surface area is 205 Å². The number of hydrogen-bond donors (Lipinski definition) is 0. The lowest BCUT2D eigenvalue weighted by Gasteiger charge is -2.24. The monoisotopic (exact) mass is 488 g/mol. The van der Waals surface area contributed by atoms with Crippen molar-refractivity contribution in [2.45, 2.75) is 0 Å². The molecular weight excluding hydrogens is 470 g/mol. The summed E-state index contributed by atoms with van der Waals surface area (Å²) in [4.78, 5) is 20.2. The molecule has 0 saturated heterocycles. The molecule has 3 aliphatic heterocycles. The van der Waals surface area contributed by atoms with Crippen molar-refractivity contribution in [3.63, 3.8) is 0 Å². The second kappa shape index (κ2) is 6.78. The molecule has 4 bridgehead atoms. The van der Waals surface area contributed by atoms with E-state index >= 15 is 0 Å². The summed E-state index contributed by atoms with van der Waals surface area (Å²) in [5.41, 5.74) is 3.21. The molecule has 5 heterocycles. The summed E-state index contributed by atoms with van der Waals surface area (Å²) in [6.45, 7) is 3.25. The lowest BCUT2D eigenvalue weighted by Crippen LogP contribution is -2.49. The minimum Gasteiger partial charge on any atom is -0.346 e. The zero-order valence-corrected chi connectivity index (χ0v) is 20.3. The van der Waals surface area contributed by atoms with E-state index in [1.165, 1.54) is 0 Å². The summed E-state index contributed by atoms with van der Waals surface area (Å²) < 4.78 is 23.4. The molecule has 0 N–H and O–H groups in total. The van der Waals surface area contributed by atoms with Gasteiger partial charge in [0.1, 0.15) is 22.6 Å². The van der Waals surface area contributed by atoms with Gasteiger partial charge in [0, 0.05) is 46.0 Å². The van der Waals surface area contributed by atoms with Crippen LogP contribution in [-0.2, 0) is 9.01 Å². The molecule has 2 aromatic heterocycles. The van der Waals surface area contributed by atoms with Gasteiger partial charge < -0.3 is 13.4 Å². The predicted octanol–water partition coefficient (Wildman–Crippen LogP) is 4.27. The van der Waals surface area contributed by atoms with Crippen molar-refractivity contribution in [3.05, 3.63) is 94.9 Å².